The fraction of sp³-hybridized carbons (Fsp3) is 0.385. The largest absolute Gasteiger partial charge is 0.478 e. The maximum absolute atomic E-state index is 11.9. The molecule has 1 atom stereocenters. The summed E-state index contributed by atoms with van der Waals surface area (Å²) < 4.78 is 0. The van der Waals surface area contributed by atoms with Crippen LogP contribution in [0.3, 0.4) is 0 Å². The summed E-state index contributed by atoms with van der Waals surface area (Å²) in [6, 6.07) is 4.86. The summed E-state index contributed by atoms with van der Waals surface area (Å²) in [7, 11) is 0. The Bertz CT molecular complexity index is 481. The molecule has 1 aliphatic heterocycles. The van der Waals surface area contributed by atoms with Crippen molar-refractivity contribution < 1.29 is 14.7 Å². The molecule has 2 rings (SSSR count). The van der Waals surface area contributed by atoms with Crippen molar-refractivity contribution in [3.63, 3.8) is 0 Å². The van der Waals surface area contributed by atoms with E-state index in [1.807, 2.05) is 0 Å². The Kier molecular flexibility index (Phi) is 3.91. The van der Waals surface area contributed by atoms with Crippen LogP contribution in [0.2, 0.25) is 0 Å². The van der Waals surface area contributed by atoms with Crippen LogP contribution in [0.5, 0.6) is 0 Å². The van der Waals surface area contributed by atoms with E-state index in [0.29, 0.717) is 11.3 Å². The molecular weight excluding hydrogens is 250 g/mol. The summed E-state index contributed by atoms with van der Waals surface area (Å²) in [4.78, 5) is 22.8. The number of aromatic carboxylic acids is 1. The van der Waals surface area contributed by atoms with Crippen LogP contribution in [0.1, 0.15) is 22.3 Å². The molecule has 0 aromatic heterocycles. The van der Waals surface area contributed by atoms with Crippen LogP contribution in [0.25, 0.3) is 0 Å². The second kappa shape index (κ2) is 5.44. The van der Waals surface area contributed by atoms with Gasteiger partial charge in [-0.3, -0.25) is 4.79 Å². The first-order chi connectivity index (χ1) is 8.58. The van der Waals surface area contributed by atoms with E-state index in [-0.39, 0.29) is 17.4 Å². The van der Waals surface area contributed by atoms with Crippen LogP contribution in [0, 0.1) is 12.8 Å². The van der Waals surface area contributed by atoms with Crippen molar-refractivity contribution in [1.29, 1.82) is 0 Å². The number of carbonyl (C=O) groups is 2. The Morgan fingerprint density at radius 3 is 2.78 bits per heavy atom. The first-order valence-electron chi connectivity index (χ1n) is 5.80. The van der Waals surface area contributed by atoms with Gasteiger partial charge in [0.25, 0.3) is 0 Å². The molecule has 0 saturated carbocycles. The third-order valence-electron chi connectivity index (χ3n) is 3.02. The third kappa shape index (κ3) is 2.85. The SMILES string of the molecule is Cc1cc(NC(=O)C2CCSC2)ccc1C(=O)O. The number of carbonyl (C=O) groups excluding carboxylic acids is 1. The Labute approximate surface area is 110 Å². The minimum atomic E-state index is -0.947. The summed E-state index contributed by atoms with van der Waals surface area (Å²) >= 11 is 1.79. The van der Waals surface area contributed by atoms with Crippen molar-refractivity contribution >= 4 is 29.3 Å². The number of aryl methyl sites for hydroxylation is 1. The number of thioether (sulfide) groups is 1. The lowest BCUT2D eigenvalue weighted by Crippen LogP contribution is -2.22. The average molecular weight is 265 g/mol. The van der Waals surface area contributed by atoms with Gasteiger partial charge in [0.05, 0.1) is 5.56 Å². The molecule has 4 nitrogen and oxygen atoms in total. The molecule has 1 aliphatic rings. The third-order valence-corrected chi connectivity index (χ3v) is 4.19. The maximum atomic E-state index is 11.9. The lowest BCUT2D eigenvalue weighted by atomic mass is 10.1. The van der Waals surface area contributed by atoms with Gasteiger partial charge in [-0.15, -0.1) is 0 Å². The average Bonchev–Trinajstić information content (AvgIpc) is 2.81. The molecule has 0 spiro atoms. The highest BCUT2D eigenvalue weighted by Crippen LogP contribution is 2.25. The number of amides is 1. The molecule has 0 bridgehead atoms. The molecule has 1 aromatic carbocycles. The van der Waals surface area contributed by atoms with Crippen LogP contribution < -0.4 is 5.32 Å². The van der Waals surface area contributed by atoms with E-state index in [1.54, 1.807) is 30.8 Å². The van der Waals surface area contributed by atoms with Crippen molar-refractivity contribution in [2.75, 3.05) is 16.8 Å². The van der Waals surface area contributed by atoms with Gasteiger partial charge in [-0.1, -0.05) is 0 Å². The molecule has 5 heteroatoms. The van der Waals surface area contributed by atoms with E-state index in [9.17, 15) is 9.59 Å². The normalized spacial score (nSPS) is 18.6. The Balaban J connectivity index is 2.07. The number of rotatable bonds is 3. The van der Waals surface area contributed by atoms with E-state index in [1.165, 1.54) is 6.07 Å². The van der Waals surface area contributed by atoms with Crippen LogP contribution in [0.4, 0.5) is 5.69 Å². The Morgan fingerprint density at radius 2 is 2.22 bits per heavy atom. The molecule has 1 fully saturated rings. The number of hydrogen-bond acceptors (Lipinski definition) is 3. The zero-order valence-corrected chi connectivity index (χ0v) is 10.9. The van der Waals surface area contributed by atoms with Crippen LogP contribution in [0.15, 0.2) is 18.2 Å². The standard InChI is InChI=1S/C13H15NO3S/c1-8-6-10(2-3-11(8)13(16)17)14-12(15)9-4-5-18-7-9/h2-3,6,9H,4-5,7H2,1H3,(H,14,15)(H,16,17). The monoisotopic (exact) mass is 265 g/mol. The quantitative estimate of drug-likeness (QED) is 0.880. The number of carboxylic acids is 1. The molecule has 0 radical (unpaired) electrons. The molecule has 1 unspecified atom stereocenters. The molecule has 1 amide bonds. The highest BCUT2D eigenvalue weighted by atomic mass is 32.2. The summed E-state index contributed by atoms with van der Waals surface area (Å²) in [5.41, 5.74) is 1.59. The summed E-state index contributed by atoms with van der Waals surface area (Å²) in [5.74, 6) is 1.07. The molecule has 96 valence electrons. The second-order valence-corrected chi connectivity index (χ2v) is 5.53. The van der Waals surface area contributed by atoms with Gasteiger partial charge in [0, 0.05) is 17.4 Å². The smallest absolute Gasteiger partial charge is 0.335 e. The summed E-state index contributed by atoms with van der Waals surface area (Å²) in [6.45, 7) is 1.73. The second-order valence-electron chi connectivity index (χ2n) is 4.38. The van der Waals surface area contributed by atoms with E-state index in [0.717, 1.165) is 17.9 Å². The molecule has 18 heavy (non-hydrogen) atoms. The Morgan fingerprint density at radius 1 is 1.44 bits per heavy atom. The van der Waals surface area contributed by atoms with Crippen molar-refractivity contribution in [3.8, 4) is 0 Å². The zero-order valence-electron chi connectivity index (χ0n) is 10.1. The van der Waals surface area contributed by atoms with Crippen molar-refractivity contribution in [1.82, 2.24) is 0 Å². The van der Waals surface area contributed by atoms with Gasteiger partial charge < -0.3 is 10.4 Å². The van der Waals surface area contributed by atoms with Gasteiger partial charge in [0.15, 0.2) is 0 Å². The highest BCUT2D eigenvalue weighted by molar-refractivity contribution is 7.99. The van der Waals surface area contributed by atoms with Gasteiger partial charge in [-0.05, 0) is 42.9 Å². The Hall–Kier alpha value is -1.49. The van der Waals surface area contributed by atoms with Crippen LogP contribution >= 0.6 is 11.8 Å². The van der Waals surface area contributed by atoms with Gasteiger partial charge in [-0.2, -0.15) is 11.8 Å². The lowest BCUT2D eigenvalue weighted by molar-refractivity contribution is -0.119. The molecule has 1 saturated heterocycles. The number of carboxylic acid groups (broad SMARTS) is 1. The predicted octanol–water partition coefficient (Wildman–Crippen LogP) is 2.38. The van der Waals surface area contributed by atoms with Gasteiger partial charge in [-0.25, -0.2) is 4.79 Å². The van der Waals surface area contributed by atoms with Gasteiger partial charge in [0.1, 0.15) is 0 Å². The van der Waals surface area contributed by atoms with Crippen molar-refractivity contribution in [2.24, 2.45) is 5.92 Å². The molecule has 0 aliphatic carbocycles. The zero-order chi connectivity index (χ0) is 13.1. The van der Waals surface area contributed by atoms with E-state index in [4.69, 9.17) is 5.11 Å². The van der Waals surface area contributed by atoms with E-state index < -0.39 is 5.97 Å². The molecular formula is C13H15NO3S. The predicted molar refractivity (Wildman–Crippen MR) is 72.2 cm³/mol. The lowest BCUT2D eigenvalue weighted by Gasteiger charge is -2.11. The van der Waals surface area contributed by atoms with E-state index in [2.05, 4.69) is 5.32 Å². The summed E-state index contributed by atoms with van der Waals surface area (Å²) in [6.07, 6.45) is 0.919. The van der Waals surface area contributed by atoms with Crippen molar-refractivity contribution in [2.45, 2.75) is 13.3 Å². The van der Waals surface area contributed by atoms with Gasteiger partial charge in [0.2, 0.25) is 5.91 Å². The highest BCUT2D eigenvalue weighted by Gasteiger charge is 2.23. The van der Waals surface area contributed by atoms with Gasteiger partial charge >= 0.3 is 5.97 Å². The first kappa shape index (κ1) is 13.0. The number of hydrogen-bond donors (Lipinski definition) is 2. The summed E-state index contributed by atoms with van der Waals surface area (Å²) in [5, 5.41) is 11.8. The maximum Gasteiger partial charge on any atom is 0.335 e. The topological polar surface area (TPSA) is 66.4 Å². The number of benzene rings is 1. The minimum absolute atomic E-state index is 0.0301. The van der Waals surface area contributed by atoms with E-state index >= 15 is 0 Å². The minimum Gasteiger partial charge on any atom is -0.478 e. The number of nitrogens with one attached hydrogen (secondary N) is 1. The first-order valence-corrected chi connectivity index (χ1v) is 6.96. The number of anilines is 1. The van der Waals surface area contributed by atoms with Crippen LogP contribution in [-0.2, 0) is 4.79 Å². The van der Waals surface area contributed by atoms with Crippen molar-refractivity contribution in [3.05, 3.63) is 29.3 Å². The molecule has 1 heterocycles. The van der Waals surface area contributed by atoms with Crippen LogP contribution in [-0.4, -0.2) is 28.5 Å². The fourth-order valence-corrected chi connectivity index (χ4v) is 3.19. The molecule has 1 aromatic rings. The molecule has 2 N–H and O–H groups in total. The fourth-order valence-electron chi connectivity index (χ4n) is 1.97.